The van der Waals surface area contributed by atoms with Crippen molar-refractivity contribution in [1.29, 1.82) is 0 Å². The first kappa shape index (κ1) is 11.0. The predicted molar refractivity (Wildman–Crippen MR) is 50.8 cm³/mol. The number of hydrogen-bond donors (Lipinski definition) is 1. The lowest BCUT2D eigenvalue weighted by atomic mass is 10.2. The lowest BCUT2D eigenvalue weighted by Gasteiger charge is -2.15. The highest BCUT2D eigenvalue weighted by Gasteiger charge is 2.36. The van der Waals surface area contributed by atoms with Gasteiger partial charge in [0.1, 0.15) is 0 Å². The monoisotopic (exact) mass is 315 g/mol. The van der Waals surface area contributed by atoms with Crippen LogP contribution in [-0.2, 0) is 0 Å². The molecule has 72 valence electrons. The summed E-state index contributed by atoms with van der Waals surface area (Å²) < 4.78 is 25.7. The molecule has 0 radical (unpaired) electrons. The molecule has 1 aromatic heterocycles. The van der Waals surface area contributed by atoms with E-state index in [0.717, 1.165) is 0 Å². The Labute approximate surface area is 90.2 Å². The number of aliphatic hydroxyl groups excluding tert-OH is 1. The molecule has 0 bridgehead atoms. The van der Waals surface area contributed by atoms with Crippen LogP contribution in [0.15, 0.2) is 22.8 Å². The van der Waals surface area contributed by atoms with Crippen molar-refractivity contribution in [2.45, 2.75) is 10.9 Å². The summed E-state index contributed by atoms with van der Waals surface area (Å²) in [7, 11) is 0. The Kier molecular flexibility index (Phi) is 3.37. The zero-order valence-corrected chi connectivity index (χ0v) is 9.39. The first-order chi connectivity index (χ1) is 5.91. The average Bonchev–Trinajstić information content (AvgIpc) is 2.03. The summed E-state index contributed by atoms with van der Waals surface area (Å²) in [6.07, 6.45) is -0.585. The Morgan fingerprint density at radius 3 is 2.46 bits per heavy atom. The summed E-state index contributed by atoms with van der Waals surface area (Å²) in [5.41, 5.74) is -0.0786. The molecule has 0 aliphatic carbocycles. The molecule has 0 fully saturated rings. The Hall–Kier alpha value is -0.0700. The fourth-order valence-electron chi connectivity index (χ4n) is 0.717. The third-order valence-corrected chi connectivity index (χ3v) is 2.24. The second-order valence-electron chi connectivity index (χ2n) is 2.35. The van der Waals surface area contributed by atoms with Gasteiger partial charge in [0.05, 0.1) is 5.69 Å². The molecule has 1 heterocycles. The van der Waals surface area contributed by atoms with Crippen molar-refractivity contribution >= 4 is 31.9 Å². The summed E-state index contributed by atoms with van der Waals surface area (Å²) in [6.45, 7) is 0. The van der Waals surface area contributed by atoms with Crippen LogP contribution >= 0.6 is 31.9 Å². The van der Waals surface area contributed by atoms with Gasteiger partial charge in [-0.25, -0.2) is 0 Å². The van der Waals surface area contributed by atoms with E-state index in [9.17, 15) is 8.78 Å². The summed E-state index contributed by atoms with van der Waals surface area (Å²) in [5, 5.41) is 9.07. The van der Waals surface area contributed by atoms with E-state index in [2.05, 4.69) is 36.8 Å². The standard InChI is InChI=1S/C7H5Br2F2NO/c8-4-1-2-5(12-3-4)6(13)7(9,10)11/h1-3,6,13H. The van der Waals surface area contributed by atoms with Crippen molar-refractivity contribution in [3.8, 4) is 0 Å². The van der Waals surface area contributed by atoms with Crippen LogP contribution in [0.3, 0.4) is 0 Å². The first-order valence-corrected chi connectivity index (χ1v) is 4.86. The Morgan fingerprint density at radius 1 is 1.46 bits per heavy atom. The van der Waals surface area contributed by atoms with E-state index in [0.29, 0.717) is 4.47 Å². The molecule has 1 atom stereocenters. The maximum absolute atomic E-state index is 12.5. The molecule has 1 unspecified atom stereocenters. The molecule has 0 saturated heterocycles. The van der Waals surface area contributed by atoms with Gasteiger partial charge in [-0.05, 0) is 44.0 Å². The van der Waals surface area contributed by atoms with Gasteiger partial charge in [0, 0.05) is 10.7 Å². The number of pyridine rings is 1. The maximum atomic E-state index is 12.5. The Balaban J connectivity index is 2.90. The molecule has 0 spiro atoms. The molecule has 13 heavy (non-hydrogen) atoms. The van der Waals surface area contributed by atoms with Crippen molar-refractivity contribution in [3.05, 3.63) is 28.5 Å². The number of halogens is 4. The van der Waals surface area contributed by atoms with E-state index >= 15 is 0 Å². The summed E-state index contributed by atoms with van der Waals surface area (Å²) in [5.74, 6) is 0. The zero-order chi connectivity index (χ0) is 10.1. The molecule has 6 heteroatoms. The molecule has 2 nitrogen and oxygen atoms in total. The van der Waals surface area contributed by atoms with Crippen LogP contribution in [0.2, 0.25) is 0 Å². The lowest BCUT2D eigenvalue weighted by molar-refractivity contribution is -0.0317. The van der Waals surface area contributed by atoms with Crippen molar-refractivity contribution in [1.82, 2.24) is 4.98 Å². The van der Waals surface area contributed by atoms with E-state index in [1.807, 2.05) is 0 Å². The van der Waals surface area contributed by atoms with Gasteiger partial charge >= 0.3 is 4.83 Å². The highest BCUT2D eigenvalue weighted by atomic mass is 79.9. The van der Waals surface area contributed by atoms with Crippen molar-refractivity contribution in [3.63, 3.8) is 0 Å². The molecule has 0 aromatic carbocycles. The first-order valence-electron chi connectivity index (χ1n) is 3.27. The minimum Gasteiger partial charge on any atom is -0.380 e. The second-order valence-corrected chi connectivity index (χ2v) is 4.32. The minimum atomic E-state index is -3.35. The second kappa shape index (κ2) is 3.98. The molecule has 0 aliphatic heterocycles. The van der Waals surface area contributed by atoms with E-state index in [-0.39, 0.29) is 5.69 Å². The van der Waals surface area contributed by atoms with Crippen molar-refractivity contribution in [2.75, 3.05) is 0 Å². The normalized spacial score (nSPS) is 14.2. The van der Waals surface area contributed by atoms with Crippen LogP contribution in [0.5, 0.6) is 0 Å². The molecule has 0 aliphatic rings. The number of alkyl halides is 3. The van der Waals surface area contributed by atoms with Crippen LogP contribution in [0, 0.1) is 0 Å². The van der Waals surface area contributed by atoms with E-state index in [1.54, 1.807) is 0 Å². The molecule has 1 aromatic rings. The third-order valence-electron chi connectivity index (χ3n) is 1.34. The molecular formula is C7H5Br2F2NO. The van der Waals surface area contributed by atoms with Crippen LogP contribution in [-0.4, -0.2) is 14.9 Å². The highest BCUT2D eigenvalue weighted by molar-refractivity contribution is 9.10. The van der Waals surface area contributed by atoms with Gasteiger partial charge < -0.3 is 5.11 Å². The number of nitrogens with zero attached hydrogens (tertiary/aromatic N) is 1. The average molecular weight is 317 g/mol. The van der Waals surface area contributed by atoms with Gasteiger partial charge in [0.15, 0.2) is 6.10 Å². The fourth-order valence-corrected chi connectivity index (χ4v) is 1.19. The minimum absolute atomic E-state index is 0.0786. The van der Waals surface area contributed by atoms with Gasteiger partial charge in [-0.15, -0.1) is 0 Å². The fraction of sp³-hybridized carbons (Fsp3) is 0.286. The van der Waals surface area contributed by atoms with E-state index in [4.69, 9.17) is 5.11 Å². The molecule has 1 rings (SSSR count). The lowest BCUT2D eigenvalue weighted by Crippen LogP contribution is -2.19. The van der Waals surface area contributed by atoms with E-state index in [1.165, 1.54) is 18.3 Å². The Morgan fingerprint density at radius 2 is 2.08 bits per heavy atom. The molecule has 1 N–H and O–H groups in total. The number of aromatic nitrogens is 1. The molecule has 0 amide bonds. The molecular weight excluding hydrogens is 312 g/mol. The van der Waals surface area contributed by atoms with Crippen molar-refractivity contribution < 1.29 is 13.9 Å². The zero-order valence-electron chi connectivity index (χ0n) is 6.22. The van der Waals surface area contributed by atoms with Gasteiger partial charge in [0.25, 0.3) is 0 Å². The maximum Gasteiger partial charge on any atom is 0.332 e. The number of rotatable bonds is 2. The third kappa shape index (κ3) is 2.96. The highest BCUT2D eigenvalue weighted by Crippen LogP contribution is 2.35. The predicted octanol–water partition coefficient (Wildman–Crippen LogP) is 2.87. The topological polar surface area (TPSA) is 33.1 Å². The molecule has 0 saturated carbocycles. The van der Waals surface area contributed by atoms with Gasteiger partial charge in [-0.3, -0.25) is 4.98 Å². The SMILES string of the molecule is OC(c1ccc(Br)cn1)C(F)(F)Br. The van der Waals surface area contributed by atoms with Crippen molar-refractivity contribution in [2.24, 2.45) is 0 Å². The van der Waals surface area contributed by atoms with Crippen LogP contribution in [0.4, 0.5) is 8.78 Å². The summed E-state index contributed by atoms with van der Waals surface area (Å²) in [4.78, 5) is 0.284. The quantitative estimate of drug-likeness (QED) is 0.851. The van der Waals surface area contributed by atoms with Crippen LogP contribution < -0.4 is 0 Å². The Bertz CT molecular complexity index is 286. The van der Waals surface area contributed by atoms with Gasteiger partial charge in [0.2, 0.25) is 0 Å². The smallest absolute Gasteiger partial charge is 0.332 e. The summed E-state index contributed by atoms with van der Waals surface area (Å²) >= 11 is 5.17. The van der Waals surface area contributed by atoms with Gasteiger partial charge in [-0.1, -0.05) is 0 Å². The van der Waals surface area contributed by atoms with Crippen LogP contribution in [0.1, 0.15) is 11.8 Å². The van der Waals surface area contributed by atoms with E-state index < -0.39 is 10.9 Å². The number of aliphatic hydroxyl groups is 1. The number of hydrogen-bond acceptors (Lipinski definition) is 2. The largest absolute Gasteiger partial charge is 0.380 e. The summed E-state index contributed by atoms with van der Waals surface area (Å²) in [6, 6.07) is 2.86. The van der Waals surface area contributed by atoms with Crippen LogP contribution in [0.25, 0.3) is 0 Å². The van der Waals surface area contributed by atoms with Gasteiger partial charge in [-0.2, -0.15) is 8.78 Å².